The van der Waals surface area contributed by atoms with E-state index in [1.54, 1.807) is 0 Å². The number of rotatable bonds is 7. The summed E-state index contributed by atoms with van der Waals surface area (Å²) in [4.78, 5) is 2.42. The van der Waals surface area contributed by atoms with Crippen LogP contribution in [0.5, 0.6) is 0 Å². The molecule has 0 saturated heterocycles. The fourth-order valence-electron chi connectivity index (χ4n) is 3.05. The summed E-state index contributed by atoms with van der Waals surface area (Å²) < 4.78 is 2.33. The second-order valence-corrected chi connectivity index (χ2v) is 6.56. The van der Waals surface area contributed by atoms with Gasteiger partial charge in [-0.1, -0.05) is 24.3 Å². The van der Waals surface area contributed by atoms with Gasteiger partial charge in [0.15, 0.2) is 0 Å². The first kappa shape index (κ1) is 15.3. The smallest absolute Gasteiger partial charge is 0.0639 e. The van der Waals surface area contributed by atoms with Gasteiger partial charge >= 0.3 is 0 Å². The van der Waals surface area contributed by atoms with Gasteiger partial charge in [-0.05, 0) is 49.9 Å². The van der Waals surface area contributed by atoms with Crippen molar-refractivity contribution in [3.05, 3.63) is 59.4 Å². The molecular formula is C19H26N2O. The van der Waals surface area contributed by atoms with E-state index in [4.69, 9.17) is 0 Å². The number of aliphatic hydroxyl groups is 1. The van der Waals surface area contributed by atoms with Gasteiger partial charge in [0.2, 0.25) is 0 Å². The van der Waals surface area contributed by atoms with E-state index in [1.807, 2.05) is 6.92 Å². The van der Waals surface area contributed by atoms with E-state index in [0.717, 1.165) is 19.6 Å². The Morgan fingerprint density at radius 1 is 1.23 bits per heavy atom. The van der Waals surface area contributed by atoms with Crippen molar-refractivity contribution in [3.63, 3.8) is 0 Å². The first-order valence-corrected chi connectivity index (χ1v) is 8.24. The zero-order valence-corrected chi connectivity index (χ0v) is 13.6. The second kappa shape index (κ2) is 6.67. The van der Waals surface area contributed by atoms with E-state index in [0.29, 0.717) is 6.04 Å². The summed E-state index contributed by atoms with van der Waals surface area (Å²) in [6, 6.07) is 13.6. The molecule has 0 amide bonds. The molecule has 3 nitrogen and oxygen atoms in total. The maximum Gasteiger partial charge on any atom is 0.0639 e. The summed E-state index contributed by atoms with van der Waals surface area (Å²) in [6.07, 6.45) is 4.44. The Morgan fingerprint density at radius 2 is 2.00 bits per heavy atom. The van der Waals surface area contributed by atoms with Gasteiger partial charge in [-0.25, -0.2) is 0 Å². The molecule has 22 heavy (non-hydrogen) atoms. The van der Waals surface area contributed by atoms with Gasteiger partial charge in [0.05, 0.1) is 6.10 Å². The summed E-state index contributed by atoms with van der Waals surface area (Å²) in [5.74, 6) is 0. The van der Waals surface area contributed by atoms with Gasteiger partial charge in [0, 0.05) is 37.6 Å². The molecule has 1 fully saturated rings. The molecule has 118 valence electrons. The monoisotopic (exact) mass is 298 g/mol. The molecule has 1 saturated carbocycles. The van der Waals surface area contributed by atoms with Crippen LogP contribution in [0.15, 0.2) is 42.6 Å². The van der Waals surface area contributed by atoms with Crippen LogP contribution in [0.3, 0.4) is 0 Å². The summed E-state index contributed by atoms with van der Waals surface area (Å²) >= 11 is 0. The van der Waals surface area contributed by atoms with E-state index in [9.17, 15) is 5.11 Å². The molecule has 1 heterocycles. The molecule has 1 aliphatic carbocycles. The zero-order valence-electron chi connectivity index (χ0n) is 13.6. The molecule has 3 rings (SSSR count). The normalized spacial score (nSPS) is 16.2. The van der Waals surface area contributed by atoms with Crippen LogP contribution in [0.25, 0.3) is 0 Å². The molecule has 1 aliphatic rings. The minimum Gasteiger partial charge on any atom is -0.392 e. The summed E-state index contributed by atoms with van der Waals surface area (Å²) in [5.41, 5.74) is 4.04. The molecule has 1 N–H and O–H groups in total. The predicted octanol–water partition coefficient (Wildman–Crippen LogP) is 3.19. The summed E-state index contributed by atoms with van der Waals surface area (Å²) in [6.45, 7) is 6.65. The fourth-order valence-corrected chi connectivity index (χ4v) is 3.05. The molecule has 0 spiro atoms. The van der Waals surface area contributed by atoms with Gasteiger partial charge in [0.25, 0.3) is 0 Å². The third kappa shape index (κ3) is 3.79. The average Bonchev–Trinajstić information content (AvgIpc) is 3.23. The van der Waals surface area contributed by atoms with Crippen molar-refractivity contribution in [2.24, 2.45) is 0 Å². The molecular weight excluding hydrogens is 272 g/mol. The van der Waals surface area contributed by atoms with Crippen molar-refractivity contribution in [2.75, 3.05) is 6.54 Å². The molecule has 0 unspecified atom stereocenters. The lowest BCUT2D eigenvalue weighted by Crippen LogP contribution is -2.33. The van der Waals surface area contributed by atoms with Crippen LogP contribution in [0, 0.1) is 6.92 Å². The molecule has 1 aromatic carbocycles. The minimum atomic E-state index is -0.264. The maximum atomic E-state index is 9.72. The van der Waals surface area contributed by atoms with Crippen LogP contribution in [0.2, 0.25) is 0 Å². The zero-order chi connectivity index (χ0) is 15.5. The quantitative estimate of drug-likeness (QED) is 0.850. The standard InChI is InChI=1S/C19H26N2O/c1-15-6-3-4-7-17(15)13-20-11-5-8-19(20)14-21(12-16(2)22)18-9-10-18/h3-8,11,16,18,22H,9-10,12-14H2,1-2H3/t16-/m1/s1. The molecule has 2 aromatic rings. The first-order valence-electron chi connectivity index (χ1n) is 8.24. The average molecular weight is 298 g/mol. The topological polar surface area (TPSA) is 28.4 Å². The van der Waals surface area contributed by atoms with Gasteiger partial charge in [-0.3, -0.25) is 4.90 Å². The Bertz CT molecular complexity index is 613. The van der Waals surface area contributed by atoms with Crippen LogP contribution in [0.1, 0.15) is 36.6 Å². The number of nitrogens with zero attached hydrogens (tertiary/aromatic N) is 2. The number of hydrogen-bond donors (Lipinski definition) is 1. The Morgan fingerprint density at radius 3 is 2.68 bits per heavy atom. The maximum absolute atomic E-state index is 9.72. The number of aliphatic hydroxyl groups excluding tert-OH is 1. The number of benzene rings is 1. The van der Waals surface area contributed by atoms with Gasteiger partial charge in [-0.15, -0.1) is 0 Å². The van der Waals surface area contributed by atoms with Crippen molar-refractivity contribution in [2.45, 2.75) is 51.9 Å². The van der Waals surface area contributed by atoms with Gasteiger partial charge in [0.1, 0.15) is 0 Å². The fraction of sp³-hybridized carbons (Fsp3) is 0.474. The third-order valence-electron chi connectivity index (χ3n) is 4.45. The Balaban J connectivity index is 1.72. The van der Waals surface area contributed by atoms with Crippen molar-refractivity contribution in [1.29, 1.82) is 0 Å². The van der Waals surface area contributed by atoms with Crippen LogP contribution in [-0.4, -0.2) is 33.3 Å². The lowest BCUT2D eigenvalue weighted by Gasteiger charge is -2.24. The van der Waals surface area contributed by atoms with E-state index < -0.39 is 0 Å². The first-order chi connectivity index (χ1) is 10.6. The van der Waals surface area contributed by atoms with Crippen LogP contribution in [0.4, 0.5) is 0 Å². The third-order valence-corrected chi connectivity index (χ3v) is 4.45. The van der Waals surface area contributed by atoms with Crippen molar-refractivity contribution in [1.82, 2.24) is 9.47 Å². The largest absolute Gasteiger partial charge is 0.392 e. The van der Waals surface area contributed by atoms with Crippen LogP contribution >= 0.6 is 0 Å². The SMILES string of the molecule is Cc1ccccc1Cn1cccc1CN(C[C@@H](C)O)C1CC1. The van der Waals surface area contributed by atoms with E-state index in [-0.39, 0.29) is 6.10 Å². The van der Waals surface area contributed by atoms with Crippen LogP contribution in [-0.2, 0) is 13.1 Å². The van der Waals surface area contributed by atoms with Crippen LogP contribution < -0.4 is 0 Å². The predicted molar refractivity (Wildman–Crippen MR) is 89.8 cm³/mol. The molecule has 0 aliphatic heterocycles. The second-order valence-electron chi connectivity index (χ2n) is 6.56. The Labute approximate surface area is 133 Å². The highest BCUT2D eigenvalue weighted by Crippen LogP contribution is 2.28. The molecule has 3 heteroatoms. The molecule has 0 bridgehead atoms. The minimum absolute atomic E-state index is 0.264. The Hall–Kier alpha value is -1.58. The van der Waals surface area contributed by atoms with E-state index >= 15 is 0 Å². The summed E-state index contributed by atoms with van der Waals surface area (Å²) in [5, 5.41) is 9.72. The van der Waals surface area contributed by atoms with Gasteiger partial charge in [-0.2, -0.15) is 0 Å². The number of aromatic nitrogens is 1. The molecule has 1 atom stereocenters. The van der Waals surface area contributed by atoms with Crippen molar-refractivity contribution >= 4 is 0 Å². The van der Waals surface area contributed by atoms with E-state index in [1.165, 1.54) is 29.7 Å². The Kier molecular flexibility index (Phi) is 4.65. The number of hydrogen-bond acceptors (Lipinski definition) is 2. The molecule has 1 aromatic heterocycles. The van der Waals surface area contributed by atoms with E-state index in [2.05, 4.69) is 59.0 Å². The molecule has 0 radical (unpaired) electrons. The highest BCUT2D eigenvalue weighted by molar-refractivity contribution is 5.26. The highest BCUT2D eigenvalue weighted by atomic mass is 16.3. The highest BCUT2D eigenvalue weighted by Gasteiger charge is 2.30. The van der Waals surface area contributed by atoms with Gasteiger partial charge < -0.3 is 9.67 Å². The summed E-state index contributed by atoms with van der Waals surface area (Å²) in [7, 11) is 0. The lowest BCUT2D eigenvalue weighted by molar-refractivity contribution is 0.116. The lowest BCUT2D eigenvalue weighted by atomic mass is 10.1. The number of aryl methyl sites for hydroxylation is 1. The van der Waals surface area contributed by atoms with Crippen molar-refractivity contribution in [3.8, 4) is 0 Å². The van der Waals surface area contributed by atoms with Crippen molar-refractivity contribution < 1.29 is 5.11 Å².